The van der Waals surface area contributed by atoms with Crippen molar-refractivity contribution in [1.29, 1.82) is 0 Å². The standard InChI is InChI=1S/C11H22F3NO2/c1-3-15-10(2,8-16)6-4-5-7-17-9-11(12,13)14/h15-16H,3-9H2,1-2H3. The number of nitrogens with one attached hydrogen (secondary N) is 1. The van der Waals surface area contributed by atoms with E-state index in [1.165, 1.54) is 0 Å². The van der Waals surface area contributed by atoms with Gasteiger partial charge in [-0.15, -0.1) is 0 Å². The molecular weight excluding hydrogens is 235 g/mol. The van der Waals surface area contributed by atoms with E-state index in [2.05, 4.69) is 10.1 Å². The highest BCUT2D eigenvalue weighted by molar-refractivity contribution is 4.81. The van der Waals surface area contributed by atoms with Crippen molar-refractivity contribution in [3.05, 3.63) is 0 Å². The molecule has 2 N–H and O–H groups in total. The van der Waals surface area contributed by atoms with Crippen LogP contribution in [-0.2, 0) is 4.74 Å². The van der Waals surface area contributed by atoms with Gasteiger partial charge in [0.25, 0.3) is 0 Å². The second-order valence-electron chi connectivity index (χ2n) is 4.37. The SMILES string of the molecule is CCNC(C)(CO)CCCCOCC(F)(F)F. The van der Waals surface area contributed by atoms with Gasteiger partial charge < -0.3 is 15.2 Å². The fraction of sp³-hybridized carbons (Fsp3) is 1.00. The molecule has 0 heterocycles. The summed E-state index contributed by atoms with van der Waals surface area (Å²) < 4.78 is 39.7. The van der Waals surface area contributed by atoms with Crippen molar-refractivity contribution in [2.24, 2.45) is 0 Å². The van der Waals surface area contributed by atoms with Crippen LogP contribution in [0.1, 0.15) is 33.1 Å². The molecule has 0 fully saturated rings. The van der Waals surface area contributed by atoms with E-state index in [0.717, 1.165) is 13.0 Å². The van der Waals surface area contributed by atoms with E-state index in [1.807, 2.05) is 13.8 Å². The molecule has 0 rings (SSSR count). The zero-order valence-corrected chi connectivity index (χ0v) is 10.4. The van der Waals surface area contributed by atoms with E-state index >= 15 is 0 Å². The molecule has 0 bridgehead atoms. The van der Waals surface area contributed by atoms with Crippen molar-refractivity contribution in [3.8, 4) is 0 Å². The Bertz CT molecular complexity index is 200. The summed E-state index contributed by atoms with van der Waals surface area (Å²) >= 11 is 0. The van der Waals surface area contributed by atoms with Crippen LogP contribution in [0.2, 0.25) is 0 Å². The molecule has 3 nitrogen and oxygen atoms in total. The Morgan fingerprint density at radius 1 is 1.24 bits per heavy atom. The van der Waals surface area contributed by atoms with Gasteiger partial charge in [-0.25, -0.2) is 0 Å². The van der Waals surface area contributed by atoms with Gasteiger partial charge in [-0.1, -0.05) is 6.92 Å². The molecule has 0 aromatic heterocycles. The summed E-state index contributed by atoms with van der Waals surface area (Å²) in [5.41, 5.74) is -0.348. The molecule has 0 aromatic rings. The maximum absolute atomic E-state index is 11.7. The minimum absolute atomic E-state index is 0.0181. The molecule has 0 aliphatic heterocycles. The number of hydrogen-bond donors (Lipinski definition) is 2. The van der Waals surface area contributed by atoms with Crippen molar-refractivity contribution < 1.29 is 23.0 Å². The van der Waals surface area contributed by atoms with Crippen LogP contribution < -0.4 is 5.32 Å². The van der Waals surface area contributed by atoms with Crippen molar-refractivity contribution >= 4 is 0 Å². The van der Waals surface area contributed by atoms with Gasteiger partial charge in [-0.3, -0.25) is 0 Å². The first-order chi connectivity index (χ1) is 7.83. The number of hydrogen-bond acceptors (Lipinski definition) is 3. The number of ether oxygens (including phenoxy) is 1. The number of aliphatic hydroxyl groups excluding tert-OH is 1. The summed E-state index contributed by atoms with van der Waals surface area (Å²) in [6.07, 6.45) is -2.24. The largest absolute Gasteiger partial charge is 0.411 e. The second-order valence-corrected chi connectivity index (χ2v) is 4.37. The van der Waals surface area contributed by atoms with Gasteiger partial charge in [-0.05, 0) is 32.7 Å². The highest BCUT2D eigenvalue weighted by Crippen LogP contribution is 2.16. The molecule has 17 heavy (non-hydrogen) atoms. The minimum Gasteiger partial charge on any atom is -0.394 e. The van der Waals surface area contributed by atoms with Crippen LogP contribution in [0.15, 0.2) is 0 Å². The number of alkyl halides is 3. The molecule has 104 valence electrons. The predicted octanol–water partition coefficient (Wildman–Crippen LogP) is 2.10. The summed E-state index contributed by atoms with van der Waals surface area (Å²) in [5.74, 6) is 0. The van der Waals surface area contributed by atoms with E-state index in [0.29, 0.717) is 12.8 Å². The van der Waals surface area contributed by atoms with Crippen molar-refractivity contribution in [1.82, 2.24) is 5.32 Å². The lowest BCUT2D eigenvalue weighted by molar-refractivity contribution is -0.174. The van der Waals surface area contributed by atoms with Gasteiger partial charge in [-0.2, -0.15) is 13.2 Å². The predicted molar refractivity (Wildman–Crippen MR) is 59.9 cm³/mol. The molecule has 6 heteroatoms. The van der Waals surface area contributed by atoms with Crippen molar-refractivity contribution in [2.75, 3.05) is 26.4 Å². The molecular formula is C11H22F3NO2. The Hall–Kier alpha value is -0.330. The molecule has 0 saturated carbocycles. The molecule has 0 amide bonds. The second kappa shape index (κ2) is 7.89. The van der Waals surface area contributed by atoms with Crippen molar-refractivity contribution in [3.63, 3.8) is 0 Å². The van der Waals surface area contributed by atoms with Gasteiger partial charge in [0.05, 0.1) is 6.61 Å². The first kappa shape index (κ1) is 16.7. The Morgan fingerprint density at radius 2 is 1.88 bits per heavy atom. The maximum Gasteiger partial charge on any atom is 0.411 e. The Labute approximate surface area is 100 Å². The highest BCUT2D eigenvalue weighted by atomic mass is 19.4. The lowest BCUT2D eigenvalue weighted by Crippen LogP contribution is -2.45. The number of likely N-dealkylation sites (N-methyl/N-ethyl adjacent to an activating group) is 1. The van der Waals surface area contributed by atoms with E-state index in [1.54, 1.807) is 0 Å². The minimum atomic E-state index is -4.25. The van der Waals surface area contributed by atoms with Gasteiger partial charge in [0.1, 0.15) is 6.61 Å². The van der Waals surface area contributed by atoms with Gasteiger partial charge in [0, 0.05) is 12.1 Å². The van der Waals surface area contributed by atoms with E-state index in [4.69, 9.17) is 0 Å². The van der Waals surface area contributed by atoms with E-state index in [-0.39, 0.29) is 18.8 Å². The average molecular weight is 257 g/mol. The van der Waals surface area contributed by atoms with Crippen LogP contribution in [0.5, 0.6) is 0 Å². The number of rotatable bonds is 9. The maximum atomic E-state index is 11.7. The fourth-order valence-electron chi connectivity index (χ4n) is 1.56. The van der Waals surface area contributed by atoms with Gasteiger partial charge >= 0.3 is 6.18 Å². The van der Waals surface area contributed by atoms with Crippen LogP contribution in [-0.4, -0.2) is 43.2 Å². The molecule has 1 atom stereocenters. The third-order valence-electron chi connectivity index (χ3n) is 2.49. The van der Waals surface area contributed by atoms with E-state index in [9.17, 15) is 18.3 Å². The number of halogens is 3. The first-order valence-electron chi connectivity index (χ1n) is 5.83. The van der Waals surface area contributed by atoms with Crippen LogP contribution in [0.25, 0.3) is 0 Å². The van der Waals surface area contributed by atoms with E-state index < -0.39 is 12.8 Å². The highest BCUT2D eigenvalue weighted by Gasteiger charge is 2.27. The first-order valence-corrected chi connectivity index (χ1v) is 5.83. The van der Waals surface area contributed by atoms with Gasteiger partial charge in [0.2, 0.25) is 0 Å². The zero-order chi connectivity index (χ0) is 13.4. The smallest absolute Gasteiger partial charge is 0.394 e. The number of unbranched alkanes of at least 4 members (excludes halogenated alkanes) is 1. The number of aliphatic hydroxyl groups is 1. The quantitative estimate of drug-likeness (QED) is 0.621. The van der Waals surface area contributed by atoms with Crippen LogP contribution in [0.3, 0.4) is 0 Å². The van der Waals surface area contributed by atoms with Gasteiger partial charge in [0.15, 0.2) is 0 Å². The molecule has 0 aliphatic rings. The lowest BCUT2D eigenvalue weighted by atomic mass is 9.96. The van der Waals surface area contributed by atoms with Crippen LogP contribution in [0.4, 0.5) is 13.2 Å². The monoisotopic (exact) mass is 257 g/mol. The average Bonchev–Trinajstić information content (AvgIpc) is 2.22. The molecule has 0 spiro atoms. The molecule has 0 radical (unpaired) electrons. The summed E-state index contributed by atoms with van der Waals surface area (Å²) in [6.45, 7) is 3.53. The Kier molecular flexibility index (Phi) is 7.74. The molecule has 1 unspecified atom stereocenters. The summed E-state index contributed by atoms with van der Waals surface area (Å²) in [5, 5.41) is 12.3. The summed E-state index contributed by atoms with van der Waals surface area (Å²) in [7, 11) is 0. The lowest BCUT2D eigenvalue weighted by Gasteiger charge is -2.28. The Balaban J connectivity index is 3.56. The van der Waals surface area contributed by atoms with Crippen LogP contribution >= 0.6 is 0 Å². The summed E-state index contributed by atoms with van der Waals surface area (Å²) in [4.78, 5) is 0. The Morgan fingerprint density at radius 3 is 2.35 bits per heavy atom. The fourth-order valence-corrected chi connectivity index (χ4v) is 1.56. The molecule has 0 aromatic carbocycles. The molecule has 0 aliphatic carbocycles. The van der Waals surface area contributed by atoms with Crippen molar-refractivity contribution in [2.45, 2.75) is 44.8 Å². The van der Waals surface area contributed by atoms with Crippen LogP contribution in [0, 0.1) is 0 Å². The summed E-state index contributed by atoms with van der Waals surface area (Å²) in [6, 6.07) is 0. The third kappa shape index (κ3) is 9.38. The zero-order valence-electron chi connectivity index (χ0n) is 10.4. The third-order valence-corrected chi connectivity index (χ3v) is 2.49. The topological polar surface area (TPSA) is 41.5 Å². The normalized spacial score (nSPS) is 15.9. The molecule has 0 saturated heterocycles.